The van der Waals surface area contributed by atoms with Gasteiger partial charge in [-0.15, -0.1) is 0 Å². The number of halogens is 2. The molecule has 0 radical (unpaired) electrons. The molecule has 0 aliphatic carbocycles. The van der Waals surface area contributed by atoms with E-state index in [1.807, 2.05) is 0 Å². The molecule has 9 heteroatoms. The van der Waals surface area contributed by atoms with Crippen LogP contribution in [-0.4, -0.2) is 38.9 Å². The summed E-state index contributed by atoms with van der Waals surface area (Å²) in [6.45, 7) is 5.28. The van der Waals surface area contributed by atoms with Crippen molar-refractivity contribution in [3.8, 4) is 5.75 Å². The molecule has 1 atom stereocenters. The number of benzene rings is 1. The number of alkyl halides is 2. The van der Waals surface area contributed by atoms with Crippen LogP contribution in [0.2, 0.25) is 0 Å². The van der Waals surface area contributed by atoms with E-state index in [9.17, 15) is 13.6 Å². The Kier molecular flexibility index (Phi) is 5.16. The first kappa shape index (κ1) is 20.9. The molecule has 1 saturated heterocycles. The van der Waals surface area contributed by atoms with Crippen molar-refractivity contribution in [1.29, 1.82) is 0 Å². The van der Waals surface area contributed by atoms with E-state index in [1.54, 1.807) is 35.4 Å². The summed E-state index contributed by atoms with van der Waals surface area (Å²) in [7, 11) is 0. The molecule has 1 amide bonds. The maximum Gasteiger partial charge on any atom is 0.387 e. The fraction of sp³-hybridized carbons (Fsp3) is 0.208. The van der Waals surface area contributed by atoms with E-state index in [1.165, 1.54) is 12.3 Å². The number of nitrogens with one attached hydrogen (secondary N) is 1. The molecule has 5 rings (SSSR count). The quantitative estimate of drug-likeness (QED) is 0.423. The molecule has 7 nitrogen and oxygen atoms in total. The van der Waals surface area contributed by atoms with Gasteiger partial charge in [-0.05, 0) is 29.8 Å². The Morgan fingerprint density at radius 2 is 2.15 bits per heavy atom. The number of aromatic nitrogens is 3. The van der Waals surface area contributed by atoms with Gasteiger partial charge in [0.25, 0.3) is 0 Å². The molecule has 1 N–H and O–H groups in total. The normalized spacial score (nSPS) is 16.3. The zero-order chi connectivity index (χ0) is 23.1. The lowest BCUT2D eigenvalue weighted by Gasteiger charge is -2.16. The van der Waals surface area contributed by atoms with Crippen LogP contribution in [0.5, 0.6) is 5.75 Å². The molecule has 1 fully saturated rings. The number of pyridine rings is 1. The number of carbonyl (C=O) groups excluding carboxylic acids is 1. The van der Waals surface area contributed by atoms with Crippen LogP contribution in [0.4, 0.5) is 8.78 Å². The van der Waals surface area contributed by atoms with Crippen molar-refractivity contribution in [2.75, 3.05) is 6.54 Å². The van der Waals surface area contributed by atoms with Gasteiger partial charge in [0.2, 0.25) is 5.91 Å². The number of likely N-dealkylation sites (tertiary alicyclic amines) is 1. The van der Waals surface area contributed by atoms with Gasteiger partial charge in [-0.1, -0.05) is 19.2 Å². The van der Waals surface area contributed by atoms with Gasteiger partial charge < -0.3 is 19.0 Å². The number of imidazole rings is 1. The zero-order valence-electron chi connectivity index (χ0n) is 17.6. The smallest absolute Gasteiger partial charge is 0.387 e. The number of nitrogens with zero attached hydrogens (tertiary/aromatic N) is 3. The Labute approximate surface area is 187 Å². The van der Waals surface area contributed by atoms with E-state index in [0.29, 0.717) is 35.6 Å². The van der Waals surface area contributed by atoms with Crippen molar-refractivity contribution in [3.63, 3.8) is 0 Å². The van der Waals surface area contributed by atoms with Crippen LogP contribution in [0.25, 0.3) is 34.1 Å². The van der Waals surface area contributed by atoms with E-state index >= 15 is 0 Å². The molecule has 1 unspecified atom stereocenters. The summed E-state index contributed by atoms with van der Waals surface area (Å²) in [5.41, 5.74) is 2.95. The van der Waals surface area contributed by atoms with E-state index in [0.717, 1.165) is 16.6 Å². The van der Waals surface area contributed by atoms with Gasteiger partial charge >= 0.3 is 6.61 Å². The molecular weight excluding hydrogens is 430 g/mol. The molecule has 0 bridgehead atoms. The minimum atomic E-state index is -2.98. The van der Waals surface area contributed by atoms with Crippen LogP contribution < -0.4 is 4.74 Å². The number of rotatable bonds is 7. The van der Waals surface area contributed by atoms with E-state index in [2.05, 4.69) is 32.8 Å². The molecule has 0 spiro atoms. The minimum Gasteiger partial charge on any atom is -0.451 e. The highest BCUT2D eigenvalue weighted by Gasteiger charge is 2.33. The Morgan fingerprint density at radius 3 is 2.88 bits per heavy atom. The highest BCUT2D eigenvalue weighted by Crippen LogP contribution is 2.42. The zero-order valence-corrected chi connectivity index (χ0v) is 17.6. The van der Waals surface area contributed by atoms with Gasteiger partial charge in [0, 0.05) is 35.9 Å². The Balaban J connectivity index is 1.51. The fourth-order valence-corrected chi connectivity index (χ4v) is 4.42. The number of hydrogen-bond donors (Lipinski definition) is 1. The first-order valence-corrected chi connectivity index (χ1v) is 10.3. The van der Waals surface area contributed by atoms with Crippen LogP contribution in [0, 0.1) is 0 Å². The Morgan fingerprint density at radius 1 is 1.30 bits per heavy atom. The second kappa shape index (κ2) is 8.16. The predicted molar refractivity (Wildman–Crippen MR) is 120 cm³/mol. The first-order valence-electron chi connectivity index (χ1n) is 10.3. The average molecular weight is 450 g/mol. The third-order valence-electron chi connectivity index (χ3n) is 5.84. The van der Waals surface area contributed by atoms with Gasteiger partial charge in [-0.3, -0.25) is 9.78 Å². The van der Waals surface area contributed by atoms with Crippen molar-refractivity contribution >= 4 is 40.0 Å². The topological polar surface area (TPSA) is 84.2 Å². The number of aromatic amines is 1. The molecule has 3 aromatic heterocycles. The number of H-pyrrole nitrogens is 1. The summed E-state index contributed by atoms with van der Waals surface area (Å²) in [4.78, 5) is 26.2. The van der Waals surface area contributed by atoms with Crippen LogP contribution in [0.1, 0.15) is 35.1 Å². The summed E-state index contributed by atoms with van der Waals surface area (Å²) in [6.07, 6.45) is 6.71. The van der Waals surface area contributed by atoms with Crippen molar-refractivity contribution in [3.05, 3.63) is 66.5 Å². The number of furan rings is 1. The van der Waals surface area contributed by atoms with Crippen molar-refractivity contribution in [1.82, 2.24) is 19.9 Å². The van der Waals surface area contributed by atoms with E-state index < -0.39 is 6.61 Å². The SMILES string of the molecule is C=Cc1nc(CN2CC(c3ccc(OC(F)F)c4oc5cnccc5c34)CC2=O)[nH]c1C=C. The fourth-order valence-electron chi connectivity index (χ4n) is 4.42. The van der Waals surface area contributed by atoms with E-state index in [4.69, 9.17) is 4.42 Å². The molecule has 1 aliphatic heterocycles. The summed E-state index contributed by atoms with van der Waals surface area (Å²) in [5, 5.41) is 1.39. The number of amides is 1. The second-order valence-electron chi connectivity index (χ2n) is 7.78. The maximum absolute atomic E-state index is 12.9. The molecule has 1 aromatic carbocycles. The Bertz CT molecular complexity index is 1370. The van der Waals surface area contributed by atoms with Gasteiger partial charge in [0.1, 0.15) is 5.82 Å². The Hall–Kier alpha value is -4.01. The van der Waals surface area contributed by atoms with Crippen molar-refractivity contribution in [2.45, 2.75) is 25.5 Å². The average Bonchev–Trinajstić information content (AvgIpc) is 3.49. The van der Waals surface area contributed by atoms with Gasteiger partial charge in [-0.25, -0.2) is 4.98 Å². The first-order chi connectivity index (χ1) is 16.0. The number of ether oxygens (including phenoxy) is 1. The highest BCUT2D eigenvalue weighted by molar-refractivity contribution is 6.08. The van der Waals surface area contributed by atoms with Crippen molar-refractivity contribution in [2.24, 2.45) is 0 Å². The summed E-state index contributed by atoms with van der Waals surface area (Å²) >= 11 is 0. The molecule has 33 heavy (non-hydrogen) atoms. The lowest BCUT2D eigenvalue weighted by Crippen LogP contribution is -2.25. The van der Waals surface area contributed by atoms with Gasteiger partial charge in [-0.2, -0.15) is 8.78 Å². The minimum absolute atomic E-state index is 0.0211. The van der Waals surface area contributed by atoms with E-state index in [-0.39, 0.29) is 29.6 Å². The standard InChI is InChI=1S/C24H20F2N4O3/c1-3-16-17(4-2)29-20(28-16)12-30-11-13(9-21(30)31)14-5-6-18(33-24(25)26)23-22(14)15-7-8-27-10-19(15)32-23/h3-8,10,13,24H,1-2,9,11-12H2,(H,28,29). The summed E-state index contributed by atoms with van der Waals surface area (Å²) < 4.78 is 36.4. The molecule has 4 aromatic rings. The molecule has 168 valence electrons. The predicted octanol–water partition coefficient (Wildman–Crippen LogP) is 5.11. The molecular formula is C24H20F2N4O3. The van der Waals surface area contributed by atoms with Crippen LogP contribution in [0.15, 0.2) is 48.2 Å². The van der Waals surface area contributed by atoms with Crippen molar-refractivity contribution < 1.29 is 22.7 Å². The maximum atomic E-state index is 12.9. The third kappa shape index (κ3) is 3.65. The number of hydrogen-bond acceptors (Lipinski definition) is 5. The largest absolute Gasteiger partial charge is 0.451 e. The number of fused-ring (bicyclic) bond motifs is 3. The molecule has 1 aliphatic rings. The summed E-state index contributed by atoms with van der Waals surface area (Å²) in [6, 6.07) is 4.96. The van der Waals surface area contributed by atoms with Crippen LogP contribution in [0.3, 0.4) is 0 Å². The number of carbonyl (C=O) groups is 1. The second-order valence-corrected chi connectivity index (χ2v) is 7.78. The molecule has 4 heterocycles. The van der Waals surface area contributed by atoms with Gasteiger partial charge in [0.15, 0.2) is 16.9 Å². The lowest BCUT2D eigenvalue weighted by molar-refractivity contribution is -0.128. The van der Waals surface area contributed by atoms with Gasteiger partial charge in [0.05, 0.1) is 24.1 Å². The van der Waals surface area contributed by atoms with Crippen LogP contribution >= 0.6 is 0 Å². The lowest BCUT2D eigenvalue weighted by atomic mass is 9.93. The third-order valence-corrected chi connectivity index (χ3v) is 5.84. The van der Waals surface area contributed by atoms with Crippen LogP contribution in [-0.2, 0) is 11.3 Å². The summed E-state index contributed by atoms with van der Waals surface area (Å²) in [5.74, 6) is 0.416. The highest BCUT2D eigenvalue weighted by atomic mass is 19.3. The molecule has 0 saturated carbocycles. The monoisotopic (exact) mass is 450 g/mol.